The highest BCUT2D eigenvalue weighted by atomic mass is 35.5. The van der Waals surface area contributed by atoms with Crippen molar-refractivity contribution >= 4 is 23.2 Å². The number of morpholine rings is 1. The fourth-order valence-electron chi connectivity index (χ4n) is 3.07. The van der Waals surface area contributed by atoms with Gasteiger partial charge in [0.2, 0.25) is 0 Å². The molecule has 4 nitrogen and oxygen atoms in total. The van der Waals surface area contributed by atoms with E-state index >= 15 is 0 Å². The van der Waals surface area contributed by atoms with E-state index in [2.05, 4.69) is 10.2 Å². The quantitative estimate of drug-likeness (QED) is 0.623. The van der Waals surface area contributed by atoms with Gasteiger partial charge in [0, 0.05) is 40.8 Å². The Kier molecular flexibility index (Phi) is 8.24. The summed E-state index contributed by atoms with van der Waals surface area (Å²) in [6.45, 7) is 6.98. The summed E-state index contributed by atoms with van der Waals surface area (Å²) in [7, 11) is 0. The van der Waals surface area contributed by atoms with Crippen molar-refractivity contribution in [3.63, 3.8) is 0 Å². The second-order valence-corrected chi connectivity index (χ2v) is 7.46. The third-order valence-corrected chi connectivity index (χ3v) is 5.21. The Morgan fingerprint density at radius 2 is 1.85 bits per heavy atom. The van der Waals surface area contributed by atoms with Crippen LogP contribution in [-0.4, -0.2) is 44.3 Å². The molecule has 0 radical (unpaired) electrons. The summed E-state index contributed by atoms with van der Waals surface area (Å²) < 4.78 is 11.4. The maximum absolute atomic E-state index is 6.21. The van der Waals surface area contributed by atoms with Crippen LogP contribution in [0.2, 0.25) is 10.0 Å². The topological polar surface area (TPSA) is 33.7 Å². The standard InChI is InChI=1S/C21H26Cl2N2O2/c22-19-6-7-21(27-16-17-4-1-2-5-20(17)23)18(14-19)15-24-8-3-9-25-10-12-26-13-11-25/h1-2,4-7,14,24H,3,8-13,15-16H2. The van der Waals surface area contributed by atoms with Gasteiger partial charge in [0.15, 0.2) is 0 Å². The van der Waals surface area contributed by atoms with Crippen molar-refractivity contribution in [1.29, 1.82) is 0 Å². The average Bonchev–Trinajstić information content (AvgIpc) is 2.69. The minimum atomic E-state index is 0.436. The molecule has 0 aliphatic carbocycles. The molecule has 1 N–H and O–H groups in total. The Bertz CT molecular complexity index is 721. The van der Waals surface area contributed by atoms with Crippen LogP contribution in [0.3, 0.4) is 0 Å². The molecule has 0 atom stereocenters. The molecular formula is C21H26Cl2N2O2. The summed E-state index contributed by atoms with van der Waals surface area (Å²) >= 11 is 12.4. The Morgan fingerprint density at radius 1 is 1.04 bits per heavy atom. The lowest BCUT2D eigenvalue weighted by atomic mass is 10.2. The van der Waals surface area contributed by atoms with Crippen LogP contribution in [-0.2, 0) is 17.9 Å². The third kappa shape index (κ3) is 6.66. The maximum atomic E-state index is 6.21. The van der Waals surface area contributed by atoms with Gasteiger partial charge in [-0.3, -0.25) is 4.90 Å². The second kappa shape index (κ2) is 10.9. The molecule has 146 valence electrons. The van der Waals surface area contributed by atoms with Crippen LogP contribution in [0.25, 0.3) is 0 Å². The van der Waals surface area contributed by atoms with Gasteiger partial charge in [-0.1, -0.05) is 41.4 Å². The molecule has 2 aromatic carbocycles. The van der Waals surface area contributed by atoms with Crippen molar-refractivity contribution in [3.8, 4) is 5.75 Å². The van der Waals surface area contributed by atoms with Crippen LogP contribution >= 0.6 is 23.2 Å². The zero-order chi connectivity index (χ0) is 18.9. The monoisotopic (exact) mass is 408 g/mol. The zero-order valence-electron chi connectivity index (χ0n) is 15.4. The van der Waals surface area contributed by atoms with Crippen LogP contribution < -0.4 is 10.1 Å². The molecule has 0 unspecified atom stereocenters. The van der Waals surface area contributed by atoms with Gasteiger partial charge in [-0.05, 0) is 43.8 Å². The van der Waals surface area contributed by atoms with Crippen molar-refractivity contribution in [2.45, 2.75) is 19.6 Å². The first-order valence-electron chi connectivity index (χ1n) is 9.38. The molecule has 0 spiro atoms. The van der Waals surface area contributed by atoms with E-state index in [-0.39, 0.29) is 0 Å². The number of nitrogens with zero attached hydrogens (tertiary/aromatic N) is 1. The first kappa shape index (κ1) is 20.4. The molecule has 1 saturated heterocycles. The van der Waals surface area contributed by atoms with Crippen LogP contribution in [0.1, 0.15) is 17.5 Å². The fraction of sp³-hybridized carbons (Fsp3) is 0.429. The first-order valence-corrected chi connectivity index (χ1v) is 10.1. The first-order chi connectivity index (χ1) is 13.2. The van der Waals surface area contributed by atoms with E-state index in [1.165, 1.54) is 0 Å². The minimum Gasteiger partial charge on any atom is -0.489 e. The van der Waals surface area contributed by atoms with E-state index in [0.29, 0.717) is 16.7 Å². The molecule has 27 heavy (non-hydrogen) atoms. The van der Waals surface area contributed by atoms with E-state index in [1.54, 1.807) is 0 Å². The highest BCUT2D eigenvalue weighted by molar-refractivity contribution is 6.31. The van der Waals surface area contributed by atoms with Gasteiger partial charge in [-0.25, -0.2) is 0 Å². The van der Waals surface area contributed by atoms with Gasteiger partial charge in [0.1, 0.15) is 12.4 Å². The van der Waals surface area contributed by atoms with E-state index in [0.717, 1.165) is 69.2 Å². The number of halogens is 2. The molecule has 0 amide bonds. The zero-order valence-corrected chi connectivity index (χ0v) is 16.9. The summed E-state index contributed by atoms with van der Waals surface area (Å²) in [6, 6.07) is 13.5. The lowest BCUT2D eigenvalue weighted by molar-refractivity contribution is 0.0374. The van der Waals surface area contributed by atoms with Crippen molar-refractivity contribution in [2.24, 2.45) is 0 Å². The maximum Gasteiger partial charge on any atom is 0.124 e. The molecule has 1 aliphatic rings. The van der Waals surface area contributed by atoms with Crippen molar-refractivity contribution in [1.82, 2.24) is 10.2 Å². The predicted molar refractivity (Wildman–Crippen MR) is 111 cm³/mol. The van der Waals surface area contributed by atoms with Gasteiger partial charge in [0.25, 0.3) is 0 Å². The Hall–Kier alpha value is -1.30. The van der Waals surface area contributed by atoms with Crippen LogP contribution in [0.5, 0.6) is 5.75 Å². The number of hydrogen-bond donors (Lipinski definition) is 1. The number of hydrogen-bond acceptors (Lipinski definition) is 4. The van der Waals surface area contributed by atoms with Crippen LogP contribution in [0, 0.1) is 0 Å². The van der Waals surface area contributed by atoms with E-state index in [1.807, 2.05) is 42.5 Å². The lowest BCUT2D eigenvalue weighted by Gasteiger charge is -2.26. The SMILES string of the molecule is Clc1ccc(OCc2ccccc2Cl)c(CNCCCN2CCOCC2)c1. The van der Waals surface area contributed by atoms with Gasteiger partial charge in [-0.15, -0.1) is 0 Å². The summed E-state index contributed by atoms with van der Waals surface area (Å²) in [4.78, 5) is 2.45. The highest BCUT2D eigenvalue weighted by Gasteiger charge is 2.10. The summed E-state index contributed by atoms with van der Waals surface area (Å²) in [5.74, 6) is 0.833. The minimum absolute atomic E-state index is 0.436. The number of rotatable bonds is 9. The molecule has 6 heteroatoms. The van der Waals surface area contributed by atoms with Gasteiger partial charge < -0.3 is 14.8 Å². The Labute approximate surface area is 171 Å². The molecule has 2 aromatic rings. The normalized spacial score (nSPS) is 15.0. The van der Waals surface area contributed by atoms with Crippen LogP contribution in [0.15, 0.2) is 42.5 Å². The second-order valence-electron chi connectivity index (χ2n) is 6.62. The largest absolute Gasteiger partial charge is 0.489 e. The molecule has 1 heterocycles. The van der Waals surface area contributed by atoms with Crippen molar-refractivity contribution in [2.75, 3.05) is 39.4 Å². The Balaban J connectivity index is 1.47. The van der Waals surface area contributed by atoms with Crippen molar-refractivity contribution < 1.29 is 9.47 Å². The van der Waals surface area contributed by atoms with E-state index < -0.39 is 0 Å². The molecule has 1 fully saturated rings. The molecule has 1 aliphatic heterocycles. The van der Waals surface area contributed by atoms with Gasteiger partial charge >= 0.3 is 0 Å². The van der Waals surface area contributed by atoms with E-state index in [4.69, 9.17) is 32.7 Å². The Morgan fingerprint density at radius 3 is 2.67 bits per heavy atom. The molecule has 0 aromatic heterocycles. The van der Waals surface area contributed by atoms with Crippen LogP contribution in [0.4, 0.5) is 0 Å². The number of nitrogens with one attached hydrogen (secondary N) is 1. The molecule has 0 saturated carbocycles. The van der Waals surface area contributed by atoms with Crippen molar-refractivity contribution in [3.05, 3.63) is 63.6 Å². The molecule has 0 bridgehead atoms. The fourth-order valence-corrected chi connectivity index (χ4v) is 3.46. The predicted octanol–water partition coefficient (Wildman–Crippen LogP) is 4.38. The molecular weight excluding hydrogens is 383 g/mol. The number of ether oxygens (including phenoxy) is 2. The lowest BCUT2D eigenvalue weighted by Crippen LogP contribution is -2.37. The van der Waals surface area contributed by atoms with Gasteiger partial charge in [-0.2, -0.15) is 0 Å². The molecule has 3 rings (SSSR count). The third-order valence-electron chi connectivity index (χ3n) is 4.61. The summed E-state index contributed by atoms with van der Waals surface area (Å²) in [5.41, 5.74) is 2.03. The smallest absolute Gasteiger partial charge is 0.124 e. The van der Waals surface area contributed by atoms with Gasteiger partial charge in [0.05, 0.1) is 13.2 Å². The highest BCUT2D eigenvalue weighted by Crippen LogP contribution is 2.25. The number of benzene rings is 2. The summed E-state index contributed by atoms with van der Waals surface area (Å²) in [5, 5.41) is 4.93. The van der Waals surface area contributed by atoms with E-state index in [9.17, 15) is 0 Å². The average molecular weight is 409 g/mol. The summed E-state index contributed by atoms with van der Waals surface area (Å²) in [6.07, 6.45) is 1.11.